The first-order valence-electron chi connectivity index (χ1n) is 10.4. The molecule has 156 valence electrons. The summed E-state index contributed by atoms with van der Waals surface area (Å²) in [5.74, 6) is 0.734. The zero-order chi connectivity index (χ0) is 20.8. The summed E-state index contributed by atoms with van der Waals surface area (Å²) in [4.78, 5) is 33.7. The molecular weight excluding hydrogens is 366 g/mol. The van der Waals surface area contributed by atoms with Crippen molar-refractivity contribution in [3.63, 3.8) is 0 Å². The number of amides is 3. The van der Waals surface area contributed by atoms with Crippen LogP contribution in [0.15, 0.2) is 42.7 Å². The fourth-order valence-corrected chi connectivity index (χ4v) is 3.88. The van der Waals surface area contributed by atoms with Crippen LogP contribution in [0.4, 0.5) is 4.79 Å². The van der Waals surface area contributed by atoms with Gasteiger partial charge in [0.15, 0.2) is 0 Å². The Morgan fingerprint density at radius 3 is 2.38 bits per heavy atom. The monoisotopic (exact) mass is 397 g/mol. The fourth-order valence-electron chi connectivity index (χ4n) is 3.88. The van der Waals surface area contributed by atoms with E-state index < -0.39 is 0 Å². The third-order valence-corrected chi connectivity index (χ3v) is 5.71. The van der Waals surface area contributed by atoms with Crippen molar-refractivity contribution in [1.29, 1.82) is 0 Å². The van der Waals surface area contributed by atoms with Crippen molar-refractivity contribution < 1.29 is 9.59 Å². The standard InChI is InChI=1S/C22H31N5O2/c1-4-26(5-2)22(29)27-14-11-18(12-15-27)21(28)24-19(17-9-7-6-8-10-17)20-23-13-16-25(20)3/h6-10,13,16,18-19H,4-5,11-12,14-15H2,1-3H3,(H,24,28). The van der Waals surface area contributed by atoms with Gasteiger partial charge in [0, 0.05) is 51.5 Å². The van der Waals surface area contributed by atoms with E-state index in [-0.39, 0.29) is 23.9 Å². The smallest absolute Gasteiger partial charge is 0.319 e. The highest BCUT2D eigenvalue weighted by Crippen LogP contribution is 2.24. The molecule has 1 aromatic heterocycles. The number of imidazole rings is 1. The van der Waals surface area contributed by atoms with Gasteiger partial charge in [-0.3, -0.25) is 4.79 Å². The summed E-state index contributed by atoms with van der Waals surface area (Å²) >= 11 is 0. The maximum absolute atomic E-state index is 13.0. The summed E-state index contributed by atoms with van der Waals surface area (Å²) in [5.41, 5.74) is 1.00. The normalized spacial score (nSPS) is 15.8. The van der Waals surface area contributed by atoms with Crippen molar-refractivity contribution in [2.24, 2.45) is 13.0 Å². The quantitative estimate of drug-likeness (QED) is 0.815. The number of carbonyl (C=O) groups is 2. The van der Waals surface area contributed by atoms with Gasteiger partial charge < -0.3 is 19.7 Å². The van der Waals surface area contributed by atoms with Crippen LogP contribution in [0.2, 0.25) is 0 Å². The SMILES string of the molecule is CCN(CC)C(=O)N1CCC(C(=O)NC(c2ccccc2)c2nccn2C)CC1. The van der Waals surface area contributed by atoms with Crippen LogP contribution in [0.5, 0.6) is 0 Å². The summed E-state index contributed by atoms with van der Waals surface area (Å²) < 4.78 is 1.93. The van der Waals surface area contributed by atoms with Crippen molar-refractivity contribution in [3.8, 4) is 0 Å². The highest BCUT2D eigenvalue weighted by Gasteiger charge is 2.31. The Hall–Kier alpha value is -2.83. The van der Waals surface area contributed by atoms with E-state index >= 15 is 0 Å². The number of hydrogen-bond acceptors (Lipinski definition) is 3. The Morgan fingerprint density at radius 1 is 1.17 bits per heavy atom. The average molecular weight is 398 g/mol. The molecule has 1 N–H and O–H groups in total. The highest BCUT2D eigenvalue weighted by molar-refractivity contribution is 5.80. The fraction of sp³-hybridized carbons (Fsp3) is 0.500. The lowest BCUT2D eigenvalue weighted by Crippen LogP contribution is -2.48. The zero-order valence-corrected chi connectivity index (χ0v) is 17.5. The Kier molecular flexibility index (Phi) is 6.90. The molecule has 2 aromatic rings. The number of carbonyl (C=O) groups excluding carboxylic acids is 2. The summed E-state index contributed by atoms with van der Waals surface area (Å²) in [5, 5.41) is 3.20. The predicted octanol–water partition coefficient (Wildman–Crippen LogP) is 2.80. The van der Waals surface area contributed by atoms with Crippen LogP contribution in [-0.4, -0.2) is 57.5 Å². The van der Waals surface area contributed by atoms with Crippen LogP contribution >= 0.6 is 0 Å². The summed E-state index contributed by atoms with van der Waals surface area (Å²) in [6.45, 7) is 6.62. The molecule has 1 aliphatic rings. The molecule has 0 aliphatic carbocycles. The third kappa shape index (κ3) is 4.78. The Morgan fingerprint density at radius 2 is 1.83 bits per heavy atom. The van der Waals surface area contributed by atoms with Crippen LogP contribution in [0, 0.1) is 5.92 Å². The van der Waals surface area contributed by atoms with Crippen molar-refractivity contribution in [2.75, 3.05) is 26.2 Å². The number of aryl methyl sites for hydroxylation is 1. The molecule has 0 spiro atoms. The first kappa shape index (κ1) is 20.9. The van der Waals surface area contributed by atoms with Gasteiger partial charge >= 0.3 is 6.03 Å². The lowest BCUT2D eigenvalue weighted by Gasteiger charge is -2.35. The molecule has 1 fully saturated rings. The first-order chi connectivity index (χ1) is 14.0. The minimum Gasteiger partial charge on any atom is -0.342 e. The highest BCUT2D eigenvalue weighted by atomic mass is 16.2. The summed E-state index contributed by atoms with van der Waals surface area (Å²) in [6.07, 6.45) is 4.99. The predicted molar refractivity (Wildman–Crippen MR) is 112 cm³/mol. The van der Waals surface area contributed by atoms with E-state index in [1.165, 1.54) is 0 Å². The molecule has 1 atom stereocenters. The topological polar surface area (TPSA) is 70.5 Å². The van der Waals surface area contributed by atoms with E-state index in [2.05, 4.69) is 10.3 Å². The van der Waals surface area contributed by atoms with Crippen LogP contribution in [-0.2, 0) is 11.8 Å². The van der Waals surface area contributed by atoms with Gasteiger partial charge in [0.25, 0.3) is 0 Å². The number of benzene rings is 1. The van der Waals surface area contributed by atoms with Crippen molar-refractivity contribution in [3.05, 3.63) is 54.1 Å². The van der Waals surface area contributed by atoms with Crippen molar-refractivity contribution >= 4 is 11.9 Å². The molecule has 1 aliphatic heterocycles. The molecule has 7 nitrogen and oxygen atoms in total. The number of nitrogens with zero attached hydrogens (tertiary/aromatic N) is 4. The lowest BCUT2D eigenvalue weighted by atomic mass is 9.95. The molecule has 7 heteroatoms. The summed E-state index contributed by atoms with van der Waals surface area (Å²) in [7, 11) is 1.93. The van der Waals surface area contributed by atoms with E-state index in [4.69, 9.17) is 0 Å². The molecule has 0 saturated carbocycles. The largest absolute Gasteiger partial charge is 0.342 e. The van der Waals surface area contributed by atoms with Crippen LogP contribution in [0.3, 0.4) is 0 Å². The number of nitrogens with one attached hydrogen (secondary N) is 1. The maximum Gasteiger partial charge on any atom is 0.319 e. The van der Waals surface area contributed by atoms with E-state index in [1.807, 2.05) is 71.8 Å². The van der Waals surface area contributed by atoms with Gasteiger partial charge in [-0.2, -0.15) is 0 Å². The molecule has 0 bridgehead atoms. The van der Waals surface area contributed by atoms with Gasteiger partial charge in [0.2, 0.25) is 5.91 Å². The minimum atomic E-state index is -0.293. The van der Waals surface area contributed by atoms with E-state index in [9.17, 15) is 9.59 Å². The zero-order valence-electron chi connectivity index (χ0n) is 17.5. The molecule has 3 rings (SSSR count). The number of piperidine rings is 1. The van der Waals surface area contributed by atoms with Gasteiger partial charge in [-0.05, 0) is 32.3 Å². The van der Waals surface area contributed by atoms with Gasteiger partial charge in [-0.25, -0.2) is 9.78 Å². The molecule has 1 aromatic carbocycles. The second kappa shape index (κ2) is 9.58. The van der Waals surface area contributed by atoms with Gasteiger partial charge in [-0.15, -0.1) is 0 Å². The number of urea groups is 1. The Bertz CT molecular complexity index is 808. The molecule has 0 radical (unpaired) electrons. The maximum atomic E-state index is 13.0. The average Bonchev–Trinajstić information content (AvgIpc) is 3.19. The molecule has 3 amide bonds. The Balaban J connectivity index is 1.66. The number of hydrogen-bond donors (Lipinski definition) is 1. The molecule has 2 heterocycles. The molecule has 1 unspecified atom stereocenters. The van der Waals surface area contributed by atoms with E-state index in [0.717, 1.165) is 11.4 Å². The summed E-state index contributed by atoms with van der Waals surface area (Å²) in [6, 6.07) is 9.69. The number of likely N-dealkylation sites (tertiary alicyclic amines) is 1. The number of rotatable bonds is 6. The van der Waals surface area contributed by atoms with E-state index in [1.54, 1.807) is 6.20 Å². The molecule has 1 saturated heterocycles. The van der Waals surface area contributed by atoms with Gasteiger partial charge in [0.05, 0.1) is 0 Å². The first-order valence-corrected chi connectivity index (χ1v) is 10.4. The second-order valence-corrected chi connectivity index (χ2v) is 7.46. The molecular formula is C22H31N5O2. The second-order valence-electron chi connectivity index (χ2n) is 7.46. The Labute approximate surface area is 172 Å². The molecule has 29 heavy (non-hydrogen) atoms. The van der Waals surface area contributed by atoms with Gasteiger partial charge in [0.1, 0.15) is 11.9 Å². The van der Waals surface area contributed by atoms with Gasteiger partial charge in [-0.1, -0.05) is 30.3 Å². The van der Waals surface area contributed by atoms with Crippen LogP contribution < -0.4 is 5.32 Å². The minimum absolute atomic E-state index is 0.0248. The number of aromatic nitrogens is 2. The van der Waals surface area contributed by atoms with Crippen molar-refractivity contribution in [2.45, 2.75) is 32.7 Å². The third-order valence-electron chi connectivity index (χ3n) is 5.71. The van der Waals surface area contributed by atoms with Crippen LogP contribution in [0.25, 0.3) is 0 Å². The van der Waals surface area contributed by atoms with E-state index in [0.29, 0.717) is 39.0 Å². The lowest BCUT2D eigenvalue weighted by molar-refractivity contribution is -0.126. The van der Waals surface area contributed by atoms with Crippen LogP contribution in [0.1, 0.15) is 44.1 Å². The van der Waals surface area contributed by atoms with Crippen molar-refractivity contribution in [1.82, 2.24) is 24.7 Å².